The molecule has 1 aromatic rings. The van der Waals surface area contributed by atoms with Gasteiger partial charge in [-0.2, -0.15) is 0 Å². The number of morpholine rings is 1. The van der Waals surface area contributed by atoms with Gasteiger partial charge in [-0.3, -0.25) is 9.59 Å². The highest BCUT2D eigenvalue weighted by atomic mass is 16.5. The molecule has 2 heterocycles. The van der Waals surface area contributed by atoms with Crippen molar-refractivity contribution in [2.45, 2.75) is 39.0 Å². The van der Waals surface area contributed by atoms with Gasteiger partial charge in [0.25, 0.3) is 5.91 Å². The highest BCUT2D eigenvalue weighted by molar-refractivity contribution is 5.96. The molecule has 1 spiro atoms. The summed E-state index contributed by atoms with van der Waals surface area (Å²) in [6, 6.07) is 5.67. The van der Waals surface area contributed by atoms with E-state index < -0.39 is 0 Å². The zero-order chi connectivity index (χ0) is 20.4. The molecule has 3 fully saturated rings. The summed E-state index contributed by atoms with van der Waals surface area (Å²) in [7, 11) is 1.64. The number of rotatable bonds is 5. The van der Waals surface area contributed by atoms with Crippen LogP contribution in [-0.2, 0) is 9.53 Å². The molecule has 0 aromatic heterocycles. The van der Waals surface area contributed by atoms with Gasteiger partial charge in [-0.1, -0.05) is 12.5 Å². The number of likely N-dealkylation sites (tertiary alicyclic amines) is 1. The third kappa shape index (κ3) is 3.87. The molecule has 6 heteroatoms. The maximum atomic E-state index is 13.3. The summed E-state index contributed by atoms with van der Waals surface area (Å²) in [5, 5.41) is 0. The van der Waals surface area contributed by atoms with Crippen LogP contribution in [0.3, 0.4) is 0 Å². The first-order valence-corrected chi connectivity index (χ1v) is 10.8. The second-order valence-electron chi connectivity index (χ2n) is 8.76. The van der Waals surface area contributed by atoms with Crippen molar-refractivity contribution >= 4 is 11.8 Å². The maximum absolute atomic E-state index is 13.3. The van der Waals surface area contributed by atoms with Crippen molar-refractivity contribution in [1.82, 2.24) is 9.80 Å². The number of carbonyl (C=O) groups is 2. The van der Waals surface area contributed by atoms with E-state index in [1.807, 2.05) is 34.9 Å². The van der Waals surface area contributed by atoms with Crippen molar-refractivity contribution in [2.24, 2.45) is 11.3 Å². The first kappa shape index (κ1) is 20.2. The number of benzene rings is 1. The van der Waals surface area contributed by atoms with E-state index >= 15 is 0 Å². The van der Waals surface area contributed by atoms with Gasteiger partial charge in [-0.15, -0.1) is 0 Å². The van der Waals surface area contributed by atoms with E-state index in [1.165, 1.54) is 19.3 Å². The minimum absolute atomic E-state index is 0.0923. The van der Waals surface area contributed by atoms with Crippen LogP contribution >= 0.6 is 0 Å². The third-order valence-electron chi connectivity index (χ3n) is 7.25. The minimum Gasteiger partial charge on any atom is -0.496 e. The number of carbonyl (C=O) groups excluding carboxylic acids is 2. The average molecular weight is 401 g/mol. The highest BCUT2D eigenvalue weighted by Gasteiger charge is 2.51. The van der Waals surface area contributed by atoms with Crippen LogP contribution in [0.1, 0.15) is 48.0 Å². The molecule has 2 aliphatic heterocycles. The maximum Gasteiger partial charge on any atom is 0.254 e. The molecule has 3 aliphatic rings. The predicted molar refractivity (Wildman–Crippen MR) is 110 cm³/mol. The van der Waals surface area contributed by atoms with Gasteiger partial charge >= 0.3 is 0 Å². The number of hydrogen-bond donors (Lipinski definition) is 0. The summed E-state index contributed by atoms with van der Waals surface area (Å²) < 4.78 is 10.7. The van der Waals surface area contributed by atoms with Crippen LogP contribution in [0.5, 0.6) is 5.75 Å². The molecule has 0 bridgehead atoms. The van der Waals surface area contributed by atoms with Crippen LogP contribution in [0.4, 0.5) is 0 Å². The molecule has 158 valence electrons. The molecular weight excluding hydrogens is 368 g/mol. The van der Waals surface area contributed by atoms with Gasteiger partial charge in [0.05, 0.1) is 20.3 Å². The number of nitrogens with zero attached hydrogens (tertiary/aromatic N) is 2. The molecule has 2 saturated heterocycles. The first-order chi connectivity index (χ1) is 14.0. The van der Waals surface area contributed by atoms with E-state index in [0.717, 1.165) is 36.4 Å². The molecule has 4 rings (SSSR count). The monoisotopic (exact) mass is 400 g/mol. The smallest absolute Gasteiger partial charge is 0.254 e. The largest absolute Gasteiger partial charge is 0.496 e. The number of ether oxygens (including phenoxy) is 2. The van der Waals surface area contributed by atoms with Gasteiger partial charge in [0, 0.05) is 43.7 Å². The molecule has 1 aromatic carbocycles. The highest BCUT2D eigenvalue weighted by Crippen LogP contribution is 2.53. The predicted octanol–water partition coefficient (Wildman–Crippen LogP) is 2.88. The van der Waals surface area contributed by atoms with Crippen LogP contribution in [0.15, 0.2) is 18.2 Å². The van der Waals surface area contributed by atoms with Gasteiger partial charge in [0.1, 0.15) is 5.75 Å². The standard InChI is InChI=1S/C23H32N2O4/c1-17-19(5-3-6-20(17)28-2)22(27)25-15-18(23(16-25)9-4-10-23)7-8-21(26)24-11-13-29-14-12-24/h3,5-6,18H,4,7-16H2,1-2H3. The Morgan fingerprint density at radius 2 is 1.97 bits per heavy atom. The molecule has 1 aliphatic carbocycles. The Hall–Kier alpha value is -2.08. The van der Waals surface area contributed by atoms with Crippen LogP contribution in [0.2, 0.25) is 0 Å². The molecule has 1 saturated carbocycles. The Kier molecular flexibility index (Phi) is 5.81. The molecular formula is C23H32N2O4. The number of hydrogen-bond acceptors (Lipinski definition) is 4. The second-order valence-corrected chi connectivity index (χ2v) is 8.76. The van der Waals surface area contributed by atoms with E-state index in [2.05, 4.69) is 0 Å². The van der Waals surface area contributed by atoms with E-state index in [4.69, 9.17) is 9.47 Å². The SMILES string of the molecule is COc1cccc(C(=O)N2CC(CCC(=O)N3CCOCC3)C3(CCC3)C2)c1C. The lowest BCUT2D eigenvalue weighted by Crippen LogP contribution is -2.42. The lowest BCUT2D eigenvalue weighted by Gasteiger charge is -2.43. The van der Waals surface area contributed by atoms with E-state index in [9.17, 15) is 9.59 Å². The third-order valence-corrected chi connectivity index (χ3v) is 7.25. The van der Waals surface area contributed by atoms with E-state index in [-0.39, 0.29) is 17.2 Å². The quantitative estimate of drug-likeness (QED) is 0.763. The van der Waals surface area contributed by atoms with Crippen molar-refractivity contribution in [2.75, 3.05) is 46.5 Å². The van der Waals surface area contributed by atoms with Gasteiger partial charge in [0.15, 0.2) is 0 Å². The normalized spacial score (nSPS) is 23.2. The Labute approximate surface area is 173 Å². The zero-order valence-corrected chi connectivity index (χ0v) is 17.6. The van der Waals surface area contributed by atoms with Crippen LogP contribution in [-0.4, -0.2) is 68.1 Å². The Morgan fingerprint density at radius 3 is 2.62 bits per heavy atom. The molecule has 1 atom stereocenters. The van der Waals surface area contributed by atoms with Gasteiger partial charge in [-0.05, 0) is 49.7 Å². The lowest BCUT2D eigenvalue weighted by atomic mass is 9.62. The van der Waals surface area contributed by atoms with Crippen molar-refractivity contribution in [3.63, 3.8) is 0 Å². The van der Waals surface area contributed by atoms with Crippen molar-refractivity contribution in [1.29, 1.82) is 0 Å². The van der Waals surface area contributed by atoms with Crippen LogP contribution in [0, 0.1) is 18.3 Å². The Balaban J connectivity index is 1.42. The molecule has 29 heavy (non-hydrogen) atoms. The molecule has 1 unspecified atom stereocenters. The van der Waals surface area contributed by atoms with Crippen LogP contribution < -0.4 is 4.74 Å². The average Bonchev–Trinajstić information content (AvgIpc) is 3.13. The van der Waals surface area contributed by atoms with Gasteiger partial charge in [-0.25, -0.2) is 0 Å². The number of methoxy groups -OCH3 is 1. The summed E-state index contributed by atoms with van der Waals surface area (Å²) >= 11 is 0. The fraction of sp³-hybridized carbons (Fsp3) is 0.652. The Morgan fingerprint density at radius 1 is 1.21 bits per heavy atom. The zero-order valence-electron chi connectivity index (χ0n) is 17.6. The summed E-state index contributed by atoms with van der Waals surface area (Å²) in [5.74, 6) is 1.49. The Bertz CT molecular complexity index is 768. The summed E-state index contributed by atoms with van der Waals surface area (Å²) in [4.78, 5) is 29.8. The van der Waals surface area contributed by atoms with E-state index in [1.54, 1.807) is 7.11 Å². The second kappa shape index (κ2) is 8.34. The summed E-state index contributed by atoms with van der Waals surface area (Å²) in [5.41, 5.74) is 1.84. The van der Waals surface area contributed by atoms with Gasteiger partial charge in [0.2, 0.25) is 5.91 Å². The minimum atomic E-state index is 0.0923. The topological polar surface area (TPSA) is 59.1 Å². The van der Waals surface area contributed by atoms with Gasteiger partial charge < -0.3 is 19.3 Å². The van der Waals surface area contributed by atoms with Crippen molar-refractivity contribution < 1.29 is 19.1 Å². The fourth-order valence-corrected chi connectivity index (χ4v) is 5.29. The summed E-state index contributed by atoms with van der Waals surface area (Å²) in [6.07, 6.45) is 5.02. The van der Waals surface area contributed by atoms with Crippen molar-refractivity contribution in [3.8, 4) is 5.75 Å². The van der Waals surface area contributed by atoms with Crippen molar-refractivity contribution in [3.05, 3.63) is 29.3 Å². The summed E-state index contributed by atoms with van der Waals surface area (Å²) in [6.45, 7) is 6.20. The van der Waals surface area contributed by atoms with E-state index in [0.29, 0.717) is 38.6 Å². The molecule has 6 nitrogen and oxygen atoms in total. The fourth-order valence-electron chi connectivity index (χ4n) is 5.29. The van der Waals surface area contributed by atoms with Crippen LogP contribution in [0.25, 0.3) is 0 Å². The molecule has 0 radical (unpaired) electrons. The first-order valence-electron chi connectivity index (χ1n) is 10.8. The molecule has 0 N–H and O–H groups in total. The molecule has 2 amide bonds. The lowest BCUT2D eigenvalue weighted by molar-refractivity contribution is -0.135. The number of amides is 2.